The molecule has 1 saturated heterocycles. The molecule has 2 atom stereocenters. The van der Waals surface area contributed by atoms with Crippen LogP contribution in [0.3, 0.4) is 0 Å². The number of hydrogen-bond donors (Lipinski definition) is 1. The molecular weight excluding hydrogens is 232 g/mol. The van der Waals surface area contributed by atoms with Crippen LogP contribution in [0.2, 0.25) is 0 Å². The summed E-state index contributed by atoms with van der Waals surface area (Å²) in [6.07, 6.45) is 1.90. The van der Waals surface area contributed by atoms with E-state index >= 15 is 0 Å². The molecule has 5 nitrogen and oxygen atoms in total. The molecule has 1 aromatic heterocycles. The number of aliphatic hydroxyl groups is 1. The third-order valence-corrected chi connectivity index (χ3v) is 3.40. The minimum absolute atomic E-state index is 0.0869. The van der Waals surface area contributed by atoms with Crippen LogP contribution >= 0.6 is 0 Å². The molecule has 2 heterocycles. The fourth-order valence-electron chi connectivity index (χ4n) is 2.04. The molecule has 0 radical (unpaired) electrons. The molecule has 0 spiro atoms. The molecule has 0 aliphatic carbocycles. The summed E-state index contributed by atoms with van der Waals surface area (Å²) >= 11 is 0. The van der Waals surface area contributed by atoms with Gasteiger partial charge in [0.1, 0.15) is 0 Å². The van der Waals surface area contributed by atoms with Gasteiger partial charge >= 0.3 is 0 Å². The molecule has 0 aromatic carbocycles. The lowest BCUT2D eigenvalue weighted by Crippen LogP contribution is -2.45. The molecule has 1 amide bonds. The Hall–Kier alpha value is -1.62. The molecule has 1 N–H and O–H groups in total. The molecule has 2 unspecified atom stereocenters. The minimum atomic E-state index is -0.436. The average molecular weight is 250 g/mol. The predicted molar refractivity (Wildman–Crippen MR) is 66.5 cm³/mol. The summed E-state index contributed by atoms with van der Waals surface area (Å²) in [4.78, 5) is 17.9. The number of hydrogen-bond acceptors (Lipinski definition) is 4. The number of aliphatic hydroxyl groups excluding tert-OH is 1. The Morgan fingerprint density at radius 1 is 1.56 bits per heavy atom. The maximum Gasteiger partial charge on any atom is 0.255 e. The number of nitrogens with zero attached hydrogens (tertiary/aromatic N) is 2. The van der Waals surface area contributed by atoms with Gasteiger partial charge in [-0.1, -0.05) is 6.92 Å². The highest BCUT2D eigenvalue weighted by Crippen LogP contribution is 2.19. The van der Waals surface area contributed by atoms with Crippen LogP contribution in [0, 0.1) is 5.92 Å². The van der Waals surface area contributed by atoms with E-state index < -0.39 is 6.10 Å². The minimum Gasteiger partial charge on any atom is -0.481 e. The lowest BCUT2D eigenvalue weighted by atomic mass is 9.96. The molecule has 1 aliphatic heterocycles. The van der Waals surface area contributed by atoms with E-state index in [-0.39, 0.29) is 11.8 Å². The summed E-state index contributed by atoms with van der Waals surface area (Å²) in [6.45, 7) is 3.08. The van der Waals surface area contributed by atoms with Crippen molar-refractivity contribution in [1.82, 2.24) is 9.88 Å². The molecule has 98 valence electrons. The maximum absolute atomic E-state index is 12.2. The molecule has 2 rings (SSSR count). The van der Waals surface area contributed by atoms with Crippen LogP contribution in [0.15, 0.2) is 18.3 Å². The SMILES string of the molecule is COc1ccc(C(=O)N2CCC(C)C(O)C2)cn1. The number of likely N-dealkylation sites (tertiary alicyclic amines) is 1. The Balaban J connectivity index is 2.06. The number of rotatable bonds is 2. The van der Waals surface area contributed by atoms with E-state index in [1.807, 2.05) is 6.92 Å². The van der Waals surface area contributed by atoms with Crippen molar-refractivity contribution in [1.29, 1.82) is 0 Å². The first-order valence-electron chi connectivity index (χ1n) is 6.09. The second kappa shape index (κ2) is 5.35. The van der Waals surface area contributed by atoms with Crippen molar-refractivity contribution in [3.8, 4) is 5.88 Å². The third-order valence-electron chi connectivity index (χ3n) is 3.40. The predicted octanol–water partition coefficient (Wildman–Crippen LogP) is 0.933. The van der Waals surface area contributed by atoms with Gasteiger partial charge in [0.25, 0.3) is 5.91 Å². The largest absolute Gasteiger partial charge is 0.481 e. The standard InChI is InChI=1S/C13H18N2O3/c1-9-5-6-15(8-11(9)16)13(17)10-3-4-12(18-2)14-7-10/h3-4,7,9,11,16H,5-6,8H2,1-2H3. The van der Waals surface area contributed by atoms with Gasteiger partial charge in [0.15, 0.2) is 0 Å². The Morgan fingerprint density at radius 3 is 2.89 bits per heavy atom. The zero-order valence-corrected chi connectivity index (χ0v) is 10.7. The van der Waals surface area contributed by atoms with E-state index in [0.717, 1.165) is 6.42 Å². The number of methoxy groups -OCH3 is 1. The van der Waals surface area contributed by atoms with Crippen LogP contribution in [-0.4, -0.2) is 47.2 Å². The molecule has 0 bridgehead atoms. The topological polar surface area (TPSA) is 62.7 Å². The van der Waals surface area contributed by atoms with Crippen molar-refractivity contribution in [3.63, 3.8) is 0 Å². The first-order chi connectivity index (χ1) is 8.61. The van der Waals surface area contributed by atoms with Gasteiger partial charge in [-0.05, 0) is 18.4 Å². The van der Waals surface area contributed by atoms with Crippen molar-refractivity contribution < 1.29 is 14.6 Å². The molecule has 1 fully saturated rings. The van der Waals surface area contributed by atoms with Crippen LogP contribution in [0.5, 0.6) is 5.88 Å². The van der Waals surface area contributed by atoms with Crippen LogP contribution in [0.4, 0.5) is 0 Å². The number of β-amino-alcohol motifs (C(OH)–C–C–N with tert-alkyl or cyclic N) is 1. The number of amides is 1. The molecule has 1 aliphatic rings. The second-order valence-electron chi connectivity index (χ2n) is 4.67. The van der Waals surface area contributed by atoms with Gasteiger partial charge in [-0.15, -0.1) is 0 Å². The third kappa shape index (κ3) is 2.61. The van der Waals surface area contributed by atoms with E-state index in [9.17, 15) is 9.90 Å². The zero-order valence-electron chi connectivity index (χ0n) is 10.7. The summed E-state index contributed by atoms with van der Waals surface area (Å²) in [5.41, 5.74) is 0.526. The summed E-state index contributed by atoms with van der Waals surface area (Å²) in [7, 11) is 1.53. The molecule has 0 saturated carbocycles. The van der Waals surface area contributed by atoms with E-state index in [4.69, 9.17) is 4.74 Å². The van der Waals surface area contributed by atoms with Gasteiger partial charge in [0.05, 0.1) is 18.8 Å². The van der Waals surface area contributed by atoms with Crippen molar-refractivity contribution in [3.05, 3.63) is 23.9 Å². The Bertz CT molecular complexity index is 419. The van der Waals surface area contributed by atoms with Crippen molar-refractivity contribution >= 4 is 5.91 Å². The second-order valence-corrected chi connectivity index (χ2v) is 4.67. The Morgan fingerprint density at radius 2 is 2.33 bits per heavy atom. The number of piperidine rings is 1. The van der Waals surface area contributed by atoms with Gasteiger partial charge in [0, 0.05) is 25.4 Å². The van der Waals surface area contributed by atoms with Crippen LogP contribution in [-0.2, 0) is 0 Å². The average Bonchev–Trinajstić information content (AvgIpc) is 2.41. The van der Waals surface area contributed by atoms with Gasteiger partial charge in [0.2, 0.25) is 5.88 Å². The fourth-order valence-corrected chi connectivity index (χ4v) is 2.04. The lowest BCUT2D eigenvalue weighted by molar-refractivity contribution is 0.0248. The number of pyridine rings is 1. The smallest absolute Gasteiger partial charge is 0.255 e. The lowest BCUT2D eigenvalue weighted by Gasteiger charge is -2.34. The normalized spacial score (nSPS) is 23.8. The van der Waals surface area contributed by atoms with E-state index in [2.05, 4.69) is 4.98 Å². The maximum atomic E-state index is 12.2. The van der Waals surface area contributed by atoms with Gasteiger partial charge in [-0.2, -0.15) is 0 Å². The fraction of sp³-hybridized carbons (Fsp3) is 0.538. The van der Waals surface area contributed by atoms with E-state index in [1.54, 1.807) is 17.0 Å². The highest BCUT2D eigenvalue weighted by Gasteiger charge is 2.27. The molecule has 18 heavy (non-hydrogen) atoms. The first kappa shape index (κ1) is 12.8. The number of ether oxygens (including phenoxy) is 1. The monoisotopic (exact) mass is 250 g/mol. The summed E-state index contributed by atoms with van der Waals surface area (Å²) in [6, 6.07) is 3.36. The van der Waals surface area contributed by atoms with Crippen molar-refractivity contribution in [2.75, 3.05) is 20.2 Å². The van der Waals surface area contributed by atoms with Gasteiger partial charge in [-0.25, -0.2) is 4.98 Å². The van der Waals surface area contributed by atoms with Gasteiger partial charge < -0.3 is 14.7 Å². The van der Waals surface area contributed by atoms with E-state index in [0.29, 0.717) is 24.5 Å². The molecular formula is C13H18N2O3. The molecule has 1 aromatic rings. The Labute approximate surface area is 106 Å². The quantitative estimate of drug-likeness (QED) is 0.848. The first-order valence-corrected chi connectivity index (χ1v) is 6.09. The molecule has 5 heteroatoms. The van der Waals surface area contributed by atoms with Crippen LogP contribution < -0.4 is 4.74 Å². The number of aromatic nitrogens is 1. The highest BCUT2D eigenvalue weighted by molar-refractivity contribution is 5.94. The van der Waals surface area contributed by atoms with Crippen molar-refractivity contribution in [2.24, 2.45) is 5.92 Å². The van der Waals surface area contributed by atoms with Crippen LogP contribution in [0.1, 0.15) is 23.7 Å². The van der Waals surface area contributed by atoms with E-state index in [1.165, 1.54) is 13.3 Å². The summed E-state index contributed by atoms with van der Waals surface area (Å²) < 4.78 is 4.95. The summed E-state index contributed by atoms with van der Waals surface area (Å²) in [5, 5.41) is 9.80. The summed E-state index contributed by atoms with van der Waals surface area (Å²) in [5.74, 6) is 0.651. The number of carbonyl (C=O) groups is 1. The van der Waals surface area contributed by atoms with Gasteiger partial charge in [-0.3, -0.25) is 4.79 Å². The van der Waals surface area contributed by atoms with Crippen molar-refractivity contribution in [2.45, 2.75) is 19.4 Å². The highest BCUT2D eigenvalue weighted by atomic mass is 16.5. The van der Waals surface area contributed by atoms with Crippen LogP contribution in [0.25, 0.3) is 0 Å². The number of carbonyl (C=O) groups excluding carboxylic acids is 1. The Kier molecular flexibility index (Phi) is 3.81. The zero-order chi connectivity index (χ0) is 13.1.